The largest absolute Gasteiger partial charge is 0.466 e. The van der Waals surface area contributed by atoms with E-state index in [1.54, 1.807) is 18.3 Å². The van der Waals surface area contributed by atoms with Crippen LogP contribution in [0, 0.1) is 19.3 Å². The number of rotatable bonds is 4. The number of nitrogens with one attached hydrogen (secondary N) is 1. The highest BCUT2D eigenvalue weighted by Crippen LogP contribution is 2.59. The summed E-state index contributed by atoms with van der Waals surface area (Å²) in [6.45, 7) is 5.27. The molecule has 4 aromatic rings. The van der Waals surface area contributed by atoms with E-state index in [0.29, 0.717) is 36.2 Å². The zero-order chi connectivity index (χ0) is 29.5. The predicted octanol–water partition coefficient (Wildman–Crippen LogP) is 7.73. The first kappa shape index (κ1) is 28.5. The fourth-order valence-corrected chi connectivity index (χ4v) is 6.18. The minimum Gasteiger partial charge on any atom is -0.466 e. The quantitative estimate of drug-likeness (QED) is 0.244. The number of likely N-dealkylation sites (N-methyl/N-ethyl adjacent to an activating group) is 1. The van der Waals surface area contributed by atoms with Crippen LogP contribution in [0.15, 0.2) is 71.8 Å². The first-order chi connectivity index (χ1) is 20.1. The Bertz CT molecular complexity index is 1570. The van der Waals surface area contributed by atoms with Crippen molar-refractivity contribution in [2.24, 2.45) is 5.41 Å². The van der Waals surface area contributed by atoms with Crippen LogP contribution >= 0.6 is 11.9 Å². The van der Waals surface area contributed by atoms with Gasteiger partial charge in [-0.1, -0.05) is 36.4 Å². The SMILES string of the molecule is Cc1cccc(C)c1-c1cc2nc(n1)NSc1cccc(c1)CN(C)CC(c1ccc(CC3(C(F)(F)F)CC3)cn1)O2. The van der Waals surface area contributed by atoms with E-state index in [1.807, 2.05) is 31.3 Å². The van der Waals surface area contributed by atoms with Crippen molar-refractivity contribution >= 4 is 17.9 Å². The lowest BCUT2D eigenvalue weighted by atomic mass is 9.96. The number of alkyl halides is 3. The molecule has 1 fully saturated rings. The Hall–Kier alpha value is -3.63. The minimum atomic E-state index is -4.20. The smallest absolute Gasteiger partial charge is 0.394 e. The van der Waals surface area contributed by atoms with Crippen LogP contribution < -0.4 is 9.46 Å². The normalized spacial score (nSPS) is 18.6. The molecule has 1 aliphatic heterocycles. The summed E-state index contributed by atoms with van der Waals surface area (Å²) in [4.78, 5) is 17.3. The highest BCUT2D eigenvalue weighted by molar-refractivity contribution is 8.00. The first-order valence-electron chi connectivity index (χ1n) is 13.9. The molecule has 0 radical (unpaired) electrons. The molecule has 2 aromatic carbocycles. The summed E-state index contributed by atoms with van der Waals surface area (Å²) in [6.07, 6.45) is -2.89. The molecular formula is C32H32F3N5OS. The maximum atomic E-state index is 13.6. The molecule has 0 spiro atoms. The average Bonchev–Trinajstić information content (AvgIpc) is 3.73. The van der Waals surface area contributed by atoms with Crippen molar-refractivity contribution in [1.82, 2.24) is 19.9 Å². The van der Waals surface area contributed by atoms with Crippen LogP contribution in [0.4, 0.5) is 19.1 Å². The summed E-state index contributed by atoms with van der Waals surface area (Å²) >= 11 is 1.44. The number of aryl methyl sites for hydroxylation is 2. The molecule has 0 saturated heterocycles. The molecule has 1 atom stereocenters. The Kier molecular flexibility index (Phi) is 7.61. The highest BCUT2D eigenvalue weighted by Gasteiger charge is 2.62. The van der Waals surface area contributed by atoms with E-state index in [0.717, 1.165) is 32.8 Å². The van der Waals surface area contributed by atoms with Gasteiger partial charge in [-0.25, -0.2) is 4.98 Å². The van der Waals surface area contributed by atoms with Crippen LogP contribution in [0.1, 0.15) is 46.9 Å². The second kappa shape index (κ2) is 11.2. The molecule has 0 amide bonds. The van der Waals surface area contributed by atoms with Gasteiger partial charge < -0.3 is 4.74 Å². The lowest BCUT2D eigenvalue weighted by Crippen LogP contribution is -2.28. The van der Waals surface area contributed by atoms with E-state index < -0.39 is 17.7 Å². The molecule has 6 nitrogen and oxygen atoms in total. The van der Waals surface area contributed by atoms with Crippen LogP contribution in [0.5, 0.6) is 5.88 Å². The van der Waals surface area contributed by atoms with Crippen molar-refractivity contribution in [3.8, 4) is 17.1 Å². The van der Waals surface area contributed by atoms with Gasteiger partial charge >= 0.3 is 6.18 Å². The number of hydrogen-bond donors (Lipinski definition) is 1. The van der Waals surface area contributed by atoms with Gasteiger partial charge in [-0.3, -0.25) is 14.6 Å². The van der Waals surface area contributed by atoms with Crippen LogP contribution in [0.2, 0.25) is 0 Å². The topological polar surface area (TPSA) is 63.2 Å². The third-order valence-corrected chi connectivity index (χ3v) is 8.74. The number of anilines is 1. The summed E-state index contributed by atoms with van der Waals surface area (Å²) in [5.41, 5.74) is 4.65. The maximum absolute atomic E-state index is 13.6. The lowest BCUT2D eigenvalue weighted by molar-refractivity contribution is -0.186. The predicted molar refractivity (Wildman–Crippen MR) is 158 cm³/mol. The third-order valence-electron chi connectivity index (χ3n) is 7.97. The van der Waals surface area contributed by atoms with E-state index >= 15 is 0 Å². The van der Waals surface area contributed by atoms with Crippen molar-refractivity contribution in [1.29, 1.82) is 0 Å². The molecule has 218 valence electrons. The van der Waals surface area contributed by atoms with Gasteiger partial charge in [-0.2, -0.15) is 18.2 Å². The Balaban J connectivity index is 1.37. The first-order valence-corrected chi connectivity index (χ1v) is 14.7. The molecule has 1 aliphatic carbocycles. The van der Waals surface area contributed by atoms with E-state index in [2.05, 4.69) is 57.7 Å². The molecule has 1 saturated carbocycles. The number of ether oxygens (including phenoxy) is 1. The summed E-state index contributed by atoms with van der Waals surface area (Å²) in [6, 6.07) is 19.7. The van der Waals surface area contributed by atoms with E-state index in [9.17, 15) is 13.2 Å². The molecule has 42 heavy (non-hydrogen) atoms. The minimum absolute atomic E-state index is 0.0523. The zero-order valence-corrected chi connectivity index (χ0v) is 24.5. The number of hydrogen-bond acceptors (Lipinski definition) is 7. The van der Waals surface area contributed by atoms with Crippen molar-refractivity contribution < 1.29 is 17.9 Å². The zero-order valence-electron chi connectivity index (χ0n) is 23.7. The van der Waals surface area contributed by atoms with Crippen molar-refractivity contribution in [2.75, 3.05) is 18.3 Å². The summed E-state index contributed by atoms with van der Waals surface area (Å²) in [5.74, 6) is 0.798. The van der Waals surface area contributed by atoms with Gasteiger partial charge in [0.05, 0.1) is 16.8 Å². The number of halogens is 3. The Morgan fingerprint density at radius 1 is 1.02 bits per heavy atom. The van der Waals surface area contributed by atoms with E-state index in [-0.39, 0.29) is 19.3 Å². The monoisotopic (exact) mass is 591 g/mol. The molecule has 10 heteroatoms. The van der Waals surface area contributed by atoms with Crippen molar-refractivity contribution in [3.05, 3.63) is 94.8 Å². The molecule has 6 rings (SSSR count). The Morgan fingerprint density at radius 2 is 1.79 bits per heavy atom. The van der Waals surface area contributed by atoms with Gasteiger partial charge in [-0.05, 0) is 92.6 Å². The fraction of sp³-hybridized carbons (Fsp3) is 0.344. The fourth-order valence-electron chi connectivity index (χ4n) is 5.52. The van der Waals surface area contributed by atoms with Crippen LogP contribution in [-0.2, 0) is 13.0 Å². The number of benzene rings is 2. The molecule has 2 aromatic heterocycles. The van der Waals surface area contributed by atoms with Gasteiger partial charge in [0.2, 0.25) is 11.8 Å². The molecule has 4 bridgehead atoms. The van der Waals surface area contributed by atoms with Gasteiger partial charge in [0.1, 0.15) is 0 Å². The number of fused-ring (bicyclic) bond motifs is 4. The van der Waals surface area contributed by atoms with Crippen LogP contribution in [0.3, 0.4) is 0 Å². The van der Waals surface area contributed by atoms with Gasteiger partial charge in [0.15, 0.2) is 6.10 Å². The third kappa shape index (κ3) is 6.10. The van der Waals surface area contributed by atoms with Gasteiger partial charge in [0, 0.05) is 35.8 Å². The number of pyridine rings is 1. The summed E-state index contributed by atoms with van der Waals surface area (Å²) in [5, 5.41) is 0. The average molecular weight is 592 g/mol. The Labute approximate surface area is 247 Å². The molecular weight excluding hydrogens is 559 g/mol. The summed E-state index contributed by atoms with van der Waals surface area (Å²) < 4.78 is 50.5. The van der Waals surface area contributed by atoms with Crippen molar-refractivity contribution in [2.45, 2.75) is 56.8 Å². The number of aromatic nitrogens is 3. The maximum Gasteiger partial charge on any atom is 0.394 e. The molecule has 2 aliphatic rings. The van der Waals surface area contributed by atoms with Gasteiger partial charge in [-0.15, -0.1) is 0 Å². The van der Waals surface area contributed by atoms with Crippen LogP contribution in [-0.4, -0.2) is 39.6 Å². The van der Waals surface area contributed by atoms with Gasteiger partial charge in [0.25, 0.3) is 0 Å². The molecule has 1 N–H and O–H groups in total. The lowest BCUT2D eigenvalue weighted by Gasteiger charge is -2.25. The molecule has 1 unspecified atom stereocenters. The van der Waals surface area contributed by atoms with Crippen molar-refractivity contribution in [3.63, 3.8) is 0 Å². The van der Waals surface area contributed by atoms with Crippen LogP contribution in [0.25, 0.3) is 11.3 Å². The van der Waals surface area contributed by atoms with E-state index in [4.69, 9.17) is 9.72 Å². The number of nitrogens with zero attached hydrogens (tertiary/aromatic N) is 4. The Morgan fingerprint density at radius 3 is 2.48 bits per heavy atom. The standard InChI is InChI=1S/C32H32F3N5OS/c1-20-6-4-7-21(2)29(20)26-15-28-38-30(37-26)39-42-24-9-5-8-22(14-24)18-40(3)19-27(41-28)25-11-10-23(17-36-25)16-31(12-13-31)32(33,34)35/h4-11,14-15,17,27H,12-13,16,18-19H2,1-3H3,(H,37,38,39). The highest BCUT2D eigenvalue weighted by atomic mass is 32.2. The second-order valence-corrected chi connectivity index (χ2v) is 12.3. The molecule has 3 heterocycles. The van der Waals surface area contributed by atoms with E-state index in [1.165, 1.54) is 11.9 Å². The summed E-state index contributed by atoms with van der Waals surface area (Å²) in [7, 11) is 2.01. The second-order valence-electron chi connectivity index (χ2n) is 11.4.